The first kappa shape index (κ1) is 35.8. The van der Waals surface area contributed by atoms with Crippen molar-refractivity contribution >= 4 is 34.8 Å². The van der Waals surface area contributed by atoms with Crippen LogP contribution in [0.1, 0.15) is 50.2 Å². The zero-order chi connectivity index (χ0) is 34.8. The average molecular weight is 680 g/mol. The van der Waals surface area contributed by atoms with Crippen LogP contribution >= 0.6 is 0 Å². The van der Waals surface area contributed by atoms with Crippen molar-refractivity contribution in [2.24, 2.45) is 0 Å². The van der Waals surface area contributed by atoms with Gasteiger partial charge in [0.25, 0.3) is 0 Å². The van der Waals surface area contributed by atoms with Gasteiger partial charge in [0.1, 0.15) is 5.52 Å². The second-order valence-corrected chi connectivity index (χ2v) is 12.8. The maximum absolute atomic E-state index is 13.8. The smallest absolute Gasteiger partial charge is 0.327 e. The Labute approximate surface area is 286 Å². The van der Waals surface area contributed by atoms with E-state index in [4.69, 9.17) is 15.2 Å². The molecule has 3 N–H and O–H groups in total. The van der Waals surface area contributed by atoms with E-state index in [9.17, 15) is 19.2 Å². The number of H-pyrrole nitrogens is 1. The molecule has 2 amide bonds. The van der Waals surface area contributed by atoms with Gasteiger partial charge in [0.15, 0.2) is 11.5 Å². The van der Waals surface area contributed by atoms with Crippen molar-refractivity contribution in [3.63, 3.8) is 0 Å². The van der Waals surface area contributed by atoms with Crippen LogP contribution in [-0.2, 0) is 38.6 Å². The van der Waals surface area contributed by atoms with Gasteiger partial charge < -0.3 is 30.0 Å². The summed E-state index contributed by atoms with van der Waals surface area (Å²) in [7, 11) is 1.36. The Morgan fingerprint density at radius 1 is 0.939 bits per heavy atom. The first-order valence-corrected chi connectivity index (χ1v) is 17.3. The molecule has 4 heterocycles. The molecule has 15 nitrogen and oxygen atoms in total. The number of fused-ring (bicyclic) bond motifs is 1. The van der Waals surface area contributed by atoms with Crippen molar-refractivity contribution in [1.29, 1.82) is 0 Å². The van der Waals surface area contributed by atoms with Crippen molar-refractivity contribution in [1.82, 2.24) is 39.1 Å². The lowest BCUT2D eigenvalue weighted by Crippen LogP contribution is -2.52. The Balaban J connectivity index is 1.23. The van der Waals surface area contributed by atoms with E-state index in [1.165, 1.54) is 11.7 Å². The number of esters is 1. The van der Waals surface area contributed by atoms with Crippen molar-refractivity contribution in [3.05, 3.63) is 45.9 Å². The number of nitrogens with two attached hydrogens (primary N) is 1. The minimum atomic E-state index is -0.359. The number of nitrogens with one attached hydrogen (secondary N) is 1. The zero-order valence-corrected chi connectivity index (χ0v) is 28.7. The van der Waals surface area contributed by atoms with Crippen molar-refractivity contribution < 1.29 is 23.9 Å². The van der Waals surface area contributed by atoms with Gasteiger partial charge in [0, 0.05) is 58.9 Å². The minimum Gasteiger partial charge on any atom is -0.469 e. The molecule has 2 aliphatic rings. The van der Waals surface area contributed by atoms with Crippen LogP contribution in [0.2, 0.25) is 0 Å². The standard InChI is InChI=1S/C34H49N9O6/c1-3-4-20-49-33-37-31(35)30-32(38-33)43(34(47)36-30)15-7-14-42(22-26-10-8-25(9-11-26)21-29(46)48-2)28(45)24-40-18-16-39(17-19-40)23-27(44)41-12-5-6-13-41/h8-11H,3-7,12-24H2,1-2H3,(H,36,47)(H2,35,37,38). The lowest BCUT2D eigenvalue weighted by Gasteiger charge is -2.35. The third kappa shape index (κ3) is 9.79. The number of nitrogens with zero attached hydrogens (tertiary/aromatic N) is 7. The predicted molar refractivity (Wildman–Crippen MR) is 184 cm³/mol. The number of benzene rings is 1. The summed E-state index contributed by atoms with van der Waals surface area (Å²) in [6.07, 6.45) is 4.61. The number of methoxy groups -OCH3 is 1. The molecule has 266 valence electrons. The van der Waals surface area contributed by atoms with Gasteiger partial charge >= 0.3 is 17.7 Å². The van der Waals surface area contributed by atoms with Crippen LogP contribution in [0.3, 0.4) is 0 Å². The highest BCUT2D eigenvalue weighted by Gasteiger charge is 2.26. The number of ether oxygens (including phenoxy) is 2. The van der Waals surface area contributed by atoms with Gasteiger partial charge in [-0.2, -0.15) is 9.97 Å². The quantitative estimate of drug-likeness (QED) is 0.165. The first-order chi connectivity index (χ1) is 23.7. The summed E-state index contributed by atoms with van der Waals surface area (Å²) in [5, 5.41) is 0. The van der Waals surface area contributed by atoms with Crippen LogP contribution in [-0.4, -0.2) is 130 Å². The summed E-state index contributed by atoms with van der Waals surface area (Å²) in [6, 6.07) is 7.69. The Hall–Kier alpha value is -4.50. The van der Waals surface area contributed by atoms with E-state index in [1.807, 2.05) is 29.2 Å². The van der Waals surface area contributed by atoms with E-state index < -0.39 is 0 Å². The number of piperazine rings is 1. The first-order valence-electron chi connectivity index (χ1n) is 17.3. The molecule has 0 bridgehead atoms. The van der Waals surface area contributed by atoms with Gasteiger partial charge in [0.05, 0.1) is 33.2 Å². The number of hydrogen-bond donors (Lipinski definition) is 2. The molecule has 5 rings (SSSR count). The van der Waals surface area contributed by atoms with E-state index in [2.05, 4.69) is 31.7 Å². The second kappa shape index (κ2) is 17.2. The van der Waals surface area contributed by atoms with E-state index in [0.29, 0.717) is 63.5 Å². The number of aryl methyl sites for hydroxylation is 1. The summed E-state index contributed by atoms with van der Waals surface area (Å²) >= 11 is 0. The number of carbonyl (C=O) groups is 3. The van der Waals surface area contributed by atoms with Crippen molar-refractivity contribution in [2.45, 2.75) is 58.5 Å². The van der Waals surface area contributed by atoms with Gasteiger partial charge in [-0.05, 0) is 36.8 Å². The highest BCUT2D eigenvalue weighted by atomic mass is 16.5. The molecule has 15 heteroatoms. The number of carbonyl (C=O) groups excluding carboxylic acids is 3. The lowest BCUT2D eigenvalue weighted by atomic mass is 10.1. The van der Waals surface area contributed by atoms with Gasteiger partial charge in [-0.25, -0.2) is 4.79 Å². The largest absolute Gasteiger partial charge is 0.469 e. The molecule has 3 aromatic rings. The number of likely N-dealkylation sites (tertiary alicyclic amines) is 1. The molecule has 0 spiro atoms. The van der Waals surface area contributed by atoms with Gasteiger partial charge in [-0.15, -0.1) is 0 Å². The van der Waals surface area contributed by atoms with Gasteiger partial charge in [0.2, 0.25) is 11.8 Å². The second-order valence-electron chi connectivity index (χ2n) is 12.8. The number of aromatic nitrogens is 4. The molecule has 2 aliphatic heterocycles. The summed E-state index contributed by atoms with van der Waals surface area (Å²) in [5.41, 5.74) is 8.23. The van der Waals surface area contributed by atoms with Crippen molar-refractivity contribution in [3.8, 4) is 6.01 Å². The van der Waals surface area contributed by atoms with E-state index in [0.717, 1.165) is 63.0 Å². The number of anilines is 1. The molecular formula is C34H49N9O6. The fraction of sp³-hybridized carbons (Fsp3) is 0.588. The van der Waals surface area contributed by atoms with E-state index >= 15 is 0 Å². The number of nitrogen functional groups attached to an aromatic ring is 1. The Bertz CT molecular complexity index is 1630. The predicted octanol–water partition coefficient (Wildman–Crippen LogP) is 1.26. The third-order valence-corrected chi connectivity index (χ3v) is 9.14. The van der Waals surface area contributed by atoms with E-state index in [1.54, 1.807) is 4.90 Å². The molecule has 0 radical (unpaired) electrons. The van der Waals surface area contributed by atoms with Crippen LogP contribution in [0.25, 0.3) is 11.2 Å². The monoisotopic (exact) mass is 679 g/mol. The lowest BCUT2D eigenvalue weighted by molar-refractivity contribution is -0.139. The zero-order valence-electron chi connectivity index (χ0n) is 28.7. The molecule has 0 atom stereocenters. The maximum Gasteiger partial charge on any atom is 0.327 e. The van der Waals surface area contributed by atoms with E-state index in [-0.39, 0.29) is 48.3 Å². The number of hydrogen-bond acceptors (Lipinski definition) is 11. The van der Waals surface area contributed by atoms with Gasteiger partial charge in [-0.3, -0.25) is 28.8 Å². The molecule has 2 aromatic heterocycles. The Kier molecular flexibility index (Phi) is 12.6. The van der Waals surface area contributed by atoms with Gasteiger partial charge in [-0.1, -0.05) is 37.6 Å². The highest BCUT2D eigenvalue weighted by Crippen LogP contribution is 2.19. The summed E-state index contributed by atoms with van der Waals surface area (Å²) in [4.78, 5) is 70.5. The average Bonchev–Trinajstić information content (AvgIpc) is 3.75. The fourth-order valence-electron chi connectivity index (χ4n) is 6.20. The molecular weight excluding hydrogens is 630 g/mol. The molecule has 0 unspecified atom stereocenters. The number of unbranched alkanes of at least 4 members (excludes halogenated alkanes) is 1. The highest BCUT2D eigenvalue weighted by molar-refractivity contribution is 5.82. The summed E-state index contributed by atoms with van der Waals surface area (Å²) < 4.78 is 11.9. The van der Waals surface area contributed by atoms with Crippen LogP contribution in [0.15, 0.2) is 29.1 Å². The Morgan fingerprint density at radius 2 is 1.61 bits per heavy atom. The molecule has 49 heavy (non-hydrogen) atoms. The molecule has 2 fully saturated rings. The minimum absolute atomic E-state index is 0.0234. The third-order valence-electron chi connectivity index (χ3n) is 9.14. The van der Waals surface area contributed by atoms with Crippen molar-refractivity contribution in [2.75, 3.05) is 78.4 Å². The summed E-state index contributed by atoms with van der Waals surface area (Å²) in [6.45, 7) is 8.80. The SMILES string of the molecule is CCCCOc1nc(N)c2[nH]c(=O)n(CCCN(Cc3ccc(CC(=O)OC)cc3)C(=O)CN3CCN(CC(=O)N4CCCC4)CC3)c2n1. The van der Waals surface area contributed by atoms with Crippen LogP contribution in [0.4, 0.5) is 5.82 Å². The molecule has 0 saturated carbocycles. The Morgan fingerprint density at radius 3 is 2.29 bits per heavy atom. The van der Waals surface area contributed by atoms with Crippen LogP contribution in [0.5, 0.6) is 6.01 Å². The summed E-state index contributed by atoms with van der Waals surface area (Å²) in [5.74, 6) is -0.0104. The van der Waals surface area contributed by atoms with Crippen LogP contribution in [0, 0.1) is 0 Å². The fourth-order valence-corrected chi connectivity index (χ4v) is 6.20. The maximum atomic E-state index is 13.8. The number of amides is 2. The molecule has 0 aliphatic carbocycles. The number of aromatic amines is 1. The number of imidazole rings is 1. The number of rotatable bonds is 16. The molecule has 1 aromatic carbocycles. The normalized spacial score (nSPS) is 15.5. The topological polar surface area (TPSA) is 172 Å². The molecule has 2 saturated heterocycles. The van der Waals surface area contributed by atoms with Crippen LogP contribution < -0.4 is 16.2 Å².